The Kier molecular flexibility index (Phi) is 10.6. The molecule has 0 spiro atoms. The fourth-order valence-electron chi connectivity index (χ4n) is 2.00. The summed E-state index contributed by atoms with van der Waals surface area (Å²) in [5.41, 5.74) is -0.413. The Labute approximate surface area is 141 Å². The number of hydrogen-bond acceptors (Lipinski definition) is 1. The average Bonchev–Trinajstić information content (AvgIpc) is 2.78. The van der Waals surface area contributed by atoms with Crippen molar-refractivity contribution in [2.24, 2.45) is 0 Å². The summed E-state index contributed by atoms with van der Waals surface area (Å²) in [6.45, 7) is 7.90. The van der Waals surface area contributed by atoms with Gasteiger partial charge in [0.25, 0.3) is 5.56 Å². The second-order valence-corrected chi connectivity index (χ2v) is 4.84. The number of halogens is 3. The fourth-order valence-corrected chi connectivity index (χ4v) is 2.00. The third-order valence-corrected chi connectivity index (χ3v) is 3.14. The summed E-state index contributed by atoms with van der Waals surface area (Å²) >= 11 is 0. The van der Waals surface area contributed by atoms with Crippen LogP contribution in [0.1, 0.15) is 58.2 Å². The maximum atomic E-state index is 12.2. The Balaban J connectivity index is 0.000000420. The molecule has 1 heterocycles. The molecule has 0 bridgehead atoms. The lowest BCUT2D eigenvalue weighted by molar-refractivity contribution is -0.141. The Morgan fingerprint density at radius 3 is 2.33 bits per heavy atom. The van der Waals surface area contributed by atoms with E-state index in [4.69, 9.17) is 0 Å². The van der Waals surface area contributed by atoms with Crippen molar-refractivity contribution >= 4 is 0 Å². The summed E-state index contributed by atoms with van der Waals surface area (Å²) in [6, 6.07) is 0. The Morgan fingerprint density at radius 1 is 1.12 bits per heavy atom. The minimum absolute atomic E-state index is 0.133. The van der Waals surface area contributed by atoms with Gasteiger partial charge in [-0.15, -0.1) is 0 Å². The largest absolute Gasteiger partial charge is 0.433 e. The van der Waals surface area contributed by atoms with E-state index in [0.29, 0.717) is 6.42 Å². The first-order chi connectivity index (χ1) is 11.4. The molecule has 1 aromatic rings. The van der Waals surface area contributed by atoms with E-state index in [1.807, 2.05) is 24.0 Å². The topological polar surface area (TPSA) is 48.6 Å². The molecule has 136 valence electrons. The Hall–Kier alpha value is -1.98. The van der Waals surface area contributed by atoms with E-state index in [1.165, 1.54) is 5.57 Å². The van der Waals surface area contributed by atoms with E-state index in [0.717, 1.165) is 12.8 Å². The van der Waals surface area contributed by atoms with Gasteiger partial charge >= 0.3 is 6.18 Å². The molecule has 3 nitrogen and oxygen atoms in total. The quantitative estimate of drug-likeness (QED) is 0.743. The van der Waals surface area contributed by atoms with Crippen LogP contribution in [0.2, 0.25) is 0 Å². The van der Waals surface area contributed by atoms with Crippen molar-refractivity contribution in [2.45, 2.75) is 59.6 Å². The van der Waals surface area contributed by atoms with Crippen LogP contribution in [0.4, 0.5) is 13.2 Å². The zero-order valence-electron chi connectivity index (χ0n) is 14.8. The van der Waals surface area contributed by atoms with Crippen molar-refractivity contribution in [3.8, 4) is 0 Å². The smallest absolute Gasteiger partial charge is 0.293 e. The molecule has 1 aliphatic rings. The zero-order valence-corrected chi connectivity index (χ0v) is 14.8. The maximum absolute atomic E-state index is 12.2. The number of nitrogens with one attached hydrogen (secondary N) is 2. The van der Waals surface area contributed by atoms with Crippen molar-refractivity contribution in [1.29, 1.82) is 0 Å². The molecule has 0 aromatic carbocycles. The molecular weight excluding hydrogens is 317 g/mol. The molecule has 0 atom stereocenters. The van der Waals surface area contributed by atoms with Crippen LogP contribution in [0, 0.1) is 0 Å². The Bertz CT molecular complexity index is 605. The van der Waals surface area contributed by atoms with Gasteiger partial charge in [-0.25, -0.2) is 0 Å². The molecule has 0 saturated heterocycles. The lowest BCUT2D eigenvalue weighted by atomic mass is 10.1. The number of rotatable bonds is 3. The van der Waals surface area contributed by atoms with E-state index in [1.54, 1.807) is 6.92 Å². The first-order valence-corrected chi connectivity index (χ1v) is 8.29. The maximum Gasteiger partial charge on any atom is 0.433 e. The van der Waals surface area contributed by atoms with Crippen LogP contribution in [0.25, 0.3) is 0 Å². The van der Waals surface area contributed by atoms with Crippen LogP contribution >= 0.6 is 0 Å². The molecule has 0 radical (unpaired) electrons. The van der Waals surface area contributed by atoms with E-state index in [-0.39, 0.29) is 12.0 Å². The van der Waals surface area contributed by atoms with Gasteiger partial charge in [0, 0.05) is 5.56 Å². The van der Waals surface area contributed by atoms with Crippen LogP contribution in [-0.2, 0) is 12.6 Å². The SMILES string of the molecule is CC.CCC1=CCC=CC=C1.CCCc1c(C(F)(F)F)[nH][nH]c1=O. The molecule has 2 rings (SSSR count). The first kappa shape index (κ1) is 22.0. The van der Waals surface area contributed by atoms with Crippen molar-refractivity contribution < 1.29 is 13.2 Å². The van der Waals surface area contributed by atoms with Gasteiger partial charge in [0.05, 0.1) is 0 Å². The molecule has 6 heteroatoms. The highest BCUT2D eigenvalue weighted by atomic mass is 19.4. The standard InChI is InChI=1S/C9H12.C7H9F3N2O.C2H6/c1-2-9-7-5-3-4-6-8-9;1-2-3-4-5(7(8,9)10)11-12-6(4)13;1-2/h3-5,7-8H,2,6H2,1H3;2-3H2,1H3,(H2,11,12,13);1-2H3. The highest BCUT2D eigenvalue weighted by molar-refractivity contribution is 5.25. The number of hydrogen-bond donors (Lipinski definition) is 2. The van der Waals surface area contributed by atoms with Gasteiger partial charge in [-0.2, -0.15) is 13.2 Å². The minimum atomic E-state index is -4.48. The highest BCUT2D eigenvalue weighted by Gasteiger charge is 2.36. The summed E-state index contributed by atoms with van der Waals surface area (Å²) in [6.07, 6.45) is 9.19. The van der Waals surface area contributed by atoms with E-state index < -0.39 is 17.4 Å². The van der Waals surface area contributed by atoms with Crippen molar-refractivity contribution in [3.05, 3.63) is 57.6 Å². The van der Waals surface area contributed by atoms with E-state index >= 15 is 0 Å². The fraction of sp³-hybridized carbons (Fsp3) is 0.500. The normalized spacial score (nSPS) is 13.2. The number of aromatic nitrogens is 2. The lowest BCUT2D eigenvalue weighted by Gasteiger charge is -2.04. The molecule has 0 aliphatic heterocycles. The summed E-state index contributed by atoms with van der Waals surface area (Å²) in [5, 5.41) is 3.76. The van der Waals surface area contributed by atoms with Gasteiger partial charge in [-0.3, -0.25) is 15.0 Å². The molecule has 0 amide bonds. The third kappa shape index (κ3) is 7.53. The van der Waals surface area contributed by atoms with Gasteiger partial charge in [-0.05, 0) is 19.3 Å². The van der Waals surface area contributed by atoms with Crippen molar-refractivity contribution in [2.75, 3.05) is 0 Å². The van der Waals surface area contributed by atoms with E-state index in [9.17, 15) is 18.0 Å². The number of alkyl halides is 3. The van der Waals surface area contributed by atoms with Crippen LogP contribution in [0.3, 0.4) is 0 Å². The van der Waals surface area contributed by atoms with Crippen LogP contribution < -0.4 is 5.56 Å². The number of H-pyrrole nitrogens is 2. The van der Waals surface area contributed by atoms with Crippen molar-refractivity contribution in [1.82, 2.24) is 10.2 Å². The average molecular weight is 344 g/mol. The zero-order chi connectivity index (χ0) is 18.6. The molecule has 0 unspecified atom stereocenters. The number of allylic oxidation sites excluding steroid dienone is 6. The van der Waals surface area contributed by atoms with Gasteiger partial charge in [0.2, 0.25) is 0 Å². The van der Waals surface area contributed by atoms with Crippen LogP contribution in [-0.4, -0.2) is 10.2 Å². The summed E-state index contributed by atoms with van der Waals surface area (Å²) < 4.78 is 36.6. The second-order valence-electron chi connectivity index (χ2n) is 4.84. The van der Waals surface area contributed by atoms with E-state index in [2.05, 4.69) is 37.3 Å². The third-order valence-electron chi connectivity index (χ3n) is 3.14. The van der Waals surface area contributed by atoms with Gasteiger partial charge < -0.3 is 0 Å². The summed E-state index contributed by atoms with van der Waals surface area (Å²) in [5.74, 6) is 0. The summed E-state index contributed by atoms with van der Waals surface area (Å²) in [4.78, 5) is 10.9. The molecule has 2 N–H and O–H groups in total. The minimum Gasteiger partial charge on any atom is -0.293 e. The first-order valence-electron chi connectivity index (χ1n) is 8.29. The molecule has 1 aliphatic carbocycles. The molecule has 0 fully saturated rings. The van der Waals surface area contributed by atoms with Crippen molar-refractivity contribution in [3.63, 3.8) is 0 Å². The number of aromatic amines is 2. The predicted molar refractivity (Wildman–Crippen MR) is 93.0 cm³/mol. The molecular formula is C18H27F3N2O. The lowest BCUT2D eigenvalue weighted by Crippen LogP contribution is -2.12. The second kappa shape index (κ2) is 11.5. The van der Waals surface area contributed by atoms with Gasteiger partial charge in [0.15, 0.2) is 0 Å². The predicted octanol–water partition coefficient (Wildman–Crippen LogP) is 5.54. The molecule has 0 saturated carbocycles. The van der Waals surface area contributed by atoms with Crippen LogP contribution in [0.5, 0.6) is 0 Å². The Morgan fingerprint density at radius 2 is 1.79 bits per heavy atom. The van der Waals surface area contributed by atoms with Gasteiger partial charge in [-0.1, -0.05) is 70.1 Å². The van der Waals surface area contributed by atoms with Crippen LogP contribution in [0.15, 0.2) is 40.7 Å². The monoisotopic (exact) mass is 344 g/mol. The summed E-state index contributed by atoms with van der Waals surface area (Å²) in [7, 11) is 0. The molecule has 1 aromatic heterocycles. The molecule has 24 heavy (non-hydrogen) atoms. The highest BCUT2D eigenvalue weighted by Crippen LogP contribution is 2.29. The van der Waals surface area contributed by atoms with Gasteiger partial charge in [0.1, 0.15) is 5.69 Å².